The van der Waals surface area contributed by atoms with Crippen molar-refractivity contribution in [3.8, 4) is 11.3 Å². The predicted molar refractivity (Wildman–Crippen MR) is 102 cm³/mol. The fourth-order valence-corrected chi connectivity index (χ4v) is 3.86. The molecule has 130 valence electrons. The van der Waals surface area contributed by atoms with E-state index in [2.05, 4.69) is 10.4 Å². The van der Waals surface area contributed by atoms with Gasteiger partial charge in [-0.25, -0.2) is 0 Å². The molecular formula is C19H22N4OS. The second-order valence-corrected chi connectivity index (χ2v) is 6.92. The molecule has 6 heteroatoms. The van der Waals surface area contributed by atoms with E-state index in [0.717, 1.165) is 33.7 Å². The molecule has 0 saturated heterocycles. The maximum absolute atomic E-state index is 12.7. The topological polar surface area (TPSA) is 72.9 Å². The van der Waals surface area contributed by atoms with Crippen LogP contribution in [0, 0.1) is 6.92 Å². The van der Waals surface area contributed by atoms with Crippen molar-refractivity contribution in [1.82, 2.24) is 15.1 Å². The Morgan fingerprint density at radius 2 is 2.08 bits per heavy atom. The number of thiophene rings is 1. The SMILES string of the molecule is Cc1c(-c2ccnn2C)csc1C(=O)NC(CN)Cc1ccccc1. The zero-order chi connectivity index (χ0) is 17.8. The molecule has 2 heterocycles. The lowest BCUT2D eigenvalue weighted by Gasteiger charge is -2.17. The molecule has 3 rings (SSSR count). The van der Waals surface area contributed by atoms with Gasteiger partial charge in [-0.3, -0.25) is 9.48 Å². The number of nitrogens with zero attached hydrogens (tertiary/aromatic N) is 2. The summed E-state index contributed by atoms with van der Waals surface area (Å²) in [5, 5.41) is 9.28. The van der Waals surface area contributed by atoms with Crippen molar-refractivity contribution < 1.29 is 4.79 Å². The summed E-state index contributed by atoms with van der Waals surface area (Å²) in [5.41, 5.74) is 10.1. The van der Waals surface area contributed by atoms with E-state index in [-0.39, 0.29) is 11.9 Å². The summed E-state index contributed by atoms with van der Waals surface area (Å²) in [6, 6.07) is 11.9. The first-order valence-corrected chi connectivity index (χ1v) is 9.09. The van der Waals surface area contributed by atoms with Gasteiger partial charge in [-0.15, -0.1) is 11.3 Å². The van der Waals surface area contributed by atoms with Gasteiger partial charge in [0.1, 0.15) is 0 Å². The number of benzene rings is 1. The number of nitrogens with one attached hydrogen (secondary N) is 1. The van der Waals surface area contributed by atoms with Crippen LogP contribution in [0.5, 0.6) is 0 Å². The number of amides is 1. The minimum Gasteiger partial charge on any atom is -0.347 e. The third kappa shape index (κ3) is 3.81. The van der Waals surface area contributed by atoms with Crippen LogP contribution >= 0.6 is 11.3 Å². The highest BCUT2D eigenvalue weighted by Crippen LogP contribution is 2.30. The number of nitrogens with two attached hydrogens (primary N) is 1. The smallest absolute Gasteiger partial charge is 0.261 e. The molecule has 3 aromatic rings. The molecular weight excluding hydrogens is 332 g/mol. The highest BCUT2D eigenvalue weighted by Gasteiger charge is 2.19. The first-order chi connectivity index (χ1) is 12.1. The fourth-order valence-electron chi connectivity index (χ4n) is 2.87. The van der Waals surface area contributed by atoms with Crippen molar-refractivity contribution in [3.63, 3.8) is 0 Å². The van der Waals surface area contributed by atoms with Crippen LogP contribution in [0.15, 0.2) is 48.0 Å². The van der Waals surface area contributed by atoms with E-state index in [1.807, 2.05) is 60.4 Å². The first kappa shape index (κ1) is 17.4. The summed E-state index contributed by atoms with van der Waals surface area (Å²) in [4.78, 5) is 13.4. The minimum absolute atomic E-state index is 0.0673. The largest absolute Gasteiger partial charge is 0.347 e. The monoisotopic (exact) mass is 354 g/mol. The van der Waals surface area contributed by atoms with Crippen LogP contribution in [0.1, 0.15) is 20.8 Å². The normalized spacial score (nSPS) is 12.1. The van der Waals surface area contributed by atoms with Crippen molar-refractivity contribution in [2.45, 2.75) is 19.4 Å². The summed E-state index contributed by atoms with van der Waals surface area (Å²) in [6.45, 7) is 2.38. The van der Waals surface area contributed by atoms with E-state index in [1.165, 1.54) is 11.3 Å². The zero-order valence-corrected chi connectivity index (χ0v) is 15.2. The number of carbonyl (C=O) groups excluding carboxylic acids is 1. The maximum Gasteiger partial charge on any atom is 0.261 e. The number of carbonyl (C=O) groups is 1. The van der Waals surface area contributed by atoms with Crippen molar-refractivity contribution in [2.75, 3.05) is 6.54 Å². The van der Waals surface area contributed by atoms with Gasteiger partial charge in [-0.1, -0.05) is 30.3 Å². The Hall–Kier alpha value is -2.44. The van der Waals surface area contributed by atoms with Gasteiger partial charge >= 0.3 is 0 Å². The molecule has 1 aromatic carbocycles. The van der Waals surface area contributed by atoms with Gasteiger partial charge in [0, 0.05) is 36.8 Å². The average molecular weight is 354 g/mol. The lowest BCUT2D eigenvalue weighted by Crippen LogP contribution is -2.41. The molecule has 1 atom stereocenters. The van der Waals surface area contributed by atoms with Gasteiger partial charge in [0.15, 0.2) is 0 Å². The standard InChI is InChI=1S/C19H22N4OS/c1-13-16(17-8-9-21-23(17)2)12-25-18(13)19(24)22-15(11-20)10-14-6-4-3-5-7-14/h3-9,12,15H,10-11,20H2,1-2H3,(H,22,24). The fraction of sp³-hybridized carbons (Fsp3) is 0.263. The van der Waals surface area contributed by atoms with Crippen LogP contribution < -0.4 is 11.1 Å². The molecule has 0 spiro atoms. The molecule has 0 bridgehead atoms. The summed E-state index contributed by atoms with van der Waals surface area (Å²) >= 11 is 1.46. The molecule has 0 saturated carbocycles. The van der Waals surface area contributed by atoms with E-state index >= 15 is 0 Å². The number of aromatic nitrogens is 2. The lowest BCUT2D eigenvalue weighted by molar-refractivity contribution is 0.0941. The minimum atomic E-state index is -0.0865. The molecule has 0 aliphatic rings. The molecule has 0 radical (unpaired) electrons. The Labute approximate surface area is 151 Å². The summed E-state index contributed by atoms with van der Waals surface area (Å²) in [7, 11) is 1.90. The average Bonchev–Trinajstić information content (AvgIpc) is 3.20. The first-order valence-electron chi connectivity index (χ1n) is 8.21. The van der Waals surface area contributed by atoms with E-state index in [9.17, 15) is 4.79 Å². The second kappa shape index (κ2) is 7.63. The van der Waals surface area contributed by atoms with Gasteiger partial charge in [0.2, 0.25) is 0 Å². The number of rotatable bonds is 6. The van der Waals surface area contributed by atoms with E-state index in [4.69, 9.17) is 5.73 Å². The molecule has 25 heavy (non-hydrogen) atoms. The van der Waals surface area contributed by atoms with Gasteiger partial charge in [-0.05, 0) is 30.5 Å². The van der Waals surface area contributed by atoms with Crippen LogP contribution in [-0.2, 0) is 13.5 Å². The Bertz CT molecular complexity index is 853. The van der Waals surface area contributed by atoms with Gasteiger partial charge in [0.25, 0.3) is 5.91 Å². The molecule has 1 unspecified atom stereocenters. The quantitative estimate of drug-likeness (QED) is 0.715. The Balaban J connectivity index is 1.75. The Morgan fingerprint density at radius 3 is 2.72 bits per heavy atom. The second-order valence-electron chi connectivity index (χ2n) is 6.04. The molecule has 0 fully saturated rings. The van der Waals surface area contributed by atoms with Crippen LogP contribution in [0.2, 0.25) is 0 Å². The number of hydrogen-bond donors (Lipinski definition) is 2. The molecule has 1 amide bonds. The van der Waals surface area contributed by atoms with Crippen molar-refractivity contribution in [1.29, 1.82) is 0 Å². The van der Waals surface area contributed by atoms with Gasteiger partial charge in [-0.2, -0.15) is 5.10 Å². The van der Waals surface area contributed by atoms with Crippen LogP contribution in [-0.4, -0.2) is 28.3 Å². The van der Waals surface area contributed by atoms with Crippen LogP contribution in [0.25, 0.3) is 11.3 Å². The van der Waals surface area contributed by atoms with Gasteiger partial charge < -0.3 is 11.1 Å². The number of aryl methyl sites for hydroxylation is 1. The third-order valence-electron chi connectivity index (χ3n) is 4.29. The molecule has 2 aromatic heterocycles. The zero-order valence-electron chi connectivity index (χ0n) is 14.4. The molecule has 5 nitrogen and oxygen atoms in total. The van der Waals surface area contributed by atoms with E-state index < -0.39 is 0 Å². The Morgan fingerprint density at radius 1 is 1.32 bits per heavy atom. The maximum atomic E-state index is 12.7. The predicted octanol–water partition coefficient (Wildman–Crippen LogP) is 2.76. The Kier molecular flexibility index (Phi) is 5.31. The summed E-state index contributed by atoms with van der Waals surface area (Å²) in [5.74, 6) is -0.0673. The van der Waals surface area contributed by atoms with Crippen molar-refractivity contribution in [2.24, 2.45) is 12.8 Å². The van der Waals surface area contributed by atoms with E-state index in [1.54, 1.807) is 6.20 Å². The molecule has 0 aliphatic heterocycles. The summed E-state index contributed by atoms with van der Waals surface area (Å²) < 4.78 is 1.81. The van der Waals surface area contributed by atoms with Crippen LogP contribution in [0.3, 0.4) is 0 Å². The van der Waals surface area contributed by atoms with Crippen molar-refractivity contribution in [3.05, 3.63) is 64.0 Å². The number of hydrogen-bond acceptors (Lipinski definition) is 4. The lowest BCUT2D eigenvalue weighted by atomic mass is 10.1. The highest BCUT2D eigenvalue weighted by atomic mass is 32.1. The summed E-state index contributed by atoms with van der Waals surface area (Å²) in [6.07, 6.45) is 2.48. The van der Waals surface area contributed by atoms with Gasteiger partial charge in [0.05, 0.1) is 10.6 Å². The van der Waals surface area contributed by atoms with Crippen LogP contribution in [0.4, 0.5) is 0 Å². The molecule has 3 N–H and O–H groups in total. The molecule has 0 aliphatic carbocycles. The van der Waals surface area contributed by atoms with Crippen molar-refractivity contribution >= 4 is 17.2 Å². The third-order valence-corrected chi connectivity index (χ3v) is 5.37. The highest BCUT2D eigenvalue weighted by molar-refractivity contribution is 7.12. The van der Waals surface area contributed by atoms with E-state index in [0.29, 0.717) is 6.54 Å².